The second-order valence-electron chi connectivity index (χ2n) is 5.33. The molecule has 0 amide bonds. The van der Waals surface area contributed by atoms with Crippen molar-refractivity contribution in [1.82, 2.24) is 0 Å². The van der Waals surface area contributed by atoms with Crippen molar-refractivity contribution >= 4 is 17.8 Å². The zero-order valence-corrected chi connectivity index (χ0v) is 13.8. The van der Waals surface area contributed by atoms with Gasteiger partial charge in [0.05, 0.1) is 0 Å². The minimum atomic E-state index is -2.97. The molecule has 0 aliphatic heterocycles. The van der Waals surface area contributed by atoms with Crippen LogP contribution in [0.1, 0.15) is 11.1 Å². The Kier molecular flexibility index (Phi) is 4.47. The maximum atomic E-state index is 13.7. The van der Waals surface area contributed by atoms with Gasteiger partial charge in [0.2, 0.25) is 7.14 Å². The van der Waals surface area contributed by atoms with Crippen molar-refractivity contribution in [3.63, 3.8) is 0 Å². The topological polar surface area (TPSA) is 17.1 Å². The molecule has 0 saturated heterocycles. The second-order valence-corrected chi connectivity index (χ2v) is 7.81. The molecule has 0 unspecified atom stereocenters. The van der Waals surface area contributed by atoms with Crippen LogP contribution in [0.15, 0.2) is 84.9 Å². The lowest BCUT2D eigenvalue weighted by molar-refractivity contribution is 0.593. The highest BCUT2D eigenvalue weighted by Crippen LogP contribution is 2.41. The number of benzene rings is 3. The summed E-state index contributed by atoms with van der Waals surface area (Å²) in [5.41, 5.74) is 5.10. The molecule has 0 saturated carbocycles. The Morgan fingerprint density at radius 1 is 0.696 bits per heavy atom. The number of hydrogen-bond donors (Lipinski definition) is 0. The molecule has 0 heterocycles. The third-order valence-electron chi connectivity index (χ3n) is 3.73. The molecule has 0 fully saturated rings. The van der Waals surface area contributed by atoms with Gasteiger partial charge >= 0.3 is 0 Å². The molecule has 0 radical (unpaired) electrons. The van der Waals surface area contributed by atoms with Gasteiger partial charge in [0.1, 0.15) is 0 Å². The average Bonchev–Trinajstić information content (AvgIpc) is 2.62. The predicted molar refractivity (Wildman–Crippen MR) is 97.8 cm³/mol. The van der Waals surface area contributed by atoms with Crippen molar-refractivity contribution in [2.75, 3.05) is 0 Å². The van der Waals surface area contributed by atoms with Crippen LogP contribution >= 0.6 is 7.14 Å². The molecule has 3 rings (SSSR count). The van der Waals surface area contributed by atoms with Crippen molar-refractivity contribution in [1.29, 1.82) is 0 Å². The summed E-state index contributed by atoms with van der Waals surface area (Å²) in [7, 11) is -2.97. The van der Waals surface area contributed by atoms with Crippen molar-refractivity contribution in [2.24, 2.45) is 0 Å². The van der Waals surface area contributed by atoms with Gasteiger partial charge in [-0.1, -0.05) is 84.8 Å². The van der Waals surface area contributed by atoms with Gasteiger partial charge in [-0.25, -0.2) is 0 Å². The second kappa shape index (κ2) is 6.69. The van der Waals surface area contributed by atoms with Crippen LogP contribution in [0, 0.1) is 18.5 Å². The van der Waals surface area contributed by atoms with Crippen molar-refractivity contribution < 1.29 is 4.57 Å². The van der Waals surface area contributed by atoms with Crippen LogP contribution in [0.2, 0.25) is 0 Å². The van der Waals surface area contributed by atoms with Crippen LogP contribution in [0.5, 0.6) is 0 Å². The molecule has 0 N–H and O–H groups in total. The van der Waals surface area contributed by atoms with Gasteiger partial charge in [-0.05, 0) is 24.2 Å². The lowest BCUT2D eigenvalue weighted by atomic mass is 10.1. The average molecular weight is 316 g/mol. The first-order valence-electron chi connectivity index (χ1n) is 7.50. The van der Waals surface area contributed by atoms with Crippen LogP contribution in [0.25, 0.3) is 0 Å². The Labute approximate surface area is 137 Å². The van der Waals surface area contributed by atoms with Gasteiger partial charge < -0.3 is 0 Å². The Hall–Kier alpha value is -2.55. The Bertz CT molecular complexity index is 859. The molecule has 1 nitrogen and oxygen atoms in total. The molecular formula is C21H17OP. The highest BCUT2D eigenvalue weighted by Gasteiger charge is 2.24. The molecule has 2 heteroatoms. The highest BCUT2D eigenvalue weighted by molar-refractivity contribution is 7.83. The maximum absolute atomic E-state index is 13.7. The maximum Gasteiger partial charge on any atom is 0.211 e. The minimum Gasteiger partial charge on any atom is -0.300 e. The molecule has 112 valence electrons. The van der Waals surface area contributed by atoms with E-state index in [-0.39, 0.29) is 0 Å². The molecule has 23 heavy (non-hydrogen) atoms. The van der Waals surface area contributed by atoms with Gasteiger partial charge in [0.15, 0.2) is 0 Å². The first kappa shape index (κ1) is 15.3. The monoisotopic (exact) mass is 316 g/mol. The zero-order chi connectivity index (χ0) is 16.1. The molecule has 0 atom stereocenters. The fourth-order valence-corrected chi connectivity index (χ4v) is 4.42. The van der Waals surface area contributed by atoms with Crippen LogP contribution in [-0.2, 0) is 4.57 Å². The van der Waals surface area contributed by atoms with Crippen LogP contribution in [-0.4, -0.2) is 0 Å². The van der Waals surface area contributed by atoms with E-state index >= 15 is 0 Å². The van der Waals surface area contributed by atoms with E-state index in [2.05, 4.69) is 11.6 Å². The summed E-state index contributed by atoms with van der Waals surface area (Å²) in [6.45, 7) is 2.01. The predicted octanol–water partition coefficient (Wildman–Crippen LogP) is 4.32. The lowest BCUT2D eigenvalue weighted by Gasteiger charge is -2.12. The lowest BCUT2D eigenvalue weighted by Crippen LogP contribution is -2.14. The summed E-state index contributed by atoms with van der Waals surface area (Å²) in [5, 5.41) is 1.54. The van der Waals surface area contributed by atoms with E-state index in [1.165, 1.54) is 0 Å². The Morgan fingerprint density at radius 2 is 1.17 bits per heavy atom. The SMILES string of the molecule is Cc1ccccc1C#CP(=O)(c1ccccc1)c1ccccc1. The van der Waals surface area contributed by atoms with E-state index in [1.807, 2.05) is 91.9 Å². The molecule has 0 aromatic heterocycles. The number of aryl methyl sites for hydroxylation is 1. The smallest absolute Gasteiger partial charge is 0.211 e. The first-order valence-corrected chi connectivity index (χ1v) is 9.21. The van der Waals surface area contributed by atoms with Gasteiger partial charge in [-0.15, -0.1) is 0 Å². The summed E-state index contributed by atoms with van der Waals surface area (Å²) in [6, 6.07) is 26.9. The quantitative estimate of drug-likeness (QED) is 0.508. The molecule has 0 spiro atoms. The van der Waals surface area contributed by atoms with Crippen molar-refractivity contribution in [2.45, 2.75) is 6.92 Å². The standard InChI is InChI=1S/C21H17OP/c1-18-10-8-9-11-19(18)16-17-23(22,20-12-4-2-5-13-20)21-14-6-3-7-15-21/h2-15H,1H3. The first-order chi connectivity index (χ1) is 11.2. The van der Waals surface area contributed by atoms with Crippen molar-refractivity contribution in [3.05, 3.63) is 96.1 Å². The van der Waals surface area contributed by atoms with Crippen molar-refractivity contribution in [3.8, 4) is 11.6 Å². The third kappa shape index (κ3) is 3.29. The Balaban J connectivity index is 2.16. The molecular weight excluding hydrogens is 299 g/mol. The van der Waals surface area contributed by atoms with Crippen LogP contribution < -0.4 is 10.6 Å². The molecule has 0 aliphatic rings. The van der Waals surface area contributed by atoms with E-state index in [4.69, 9.17) is 0 Å². The van der Waals surface area contributed by atoms with Crippen LogP contribution in [0.4, 0.5) is 0 Å². The molecule has 3 aromatic carbocycles. The number of rotatable bonds is 2. The van der Waals surface area contributed by atoms with E-state index in [0.29, 0.717) is 0 Å². The zero-order valence-electron chi connectivity index (χ0n) is 12.9. The van der Waals surface area contributed by atoms with Gasteiger partial charge in [-0.2, -0.15) is 0 Å². The van der Waals surface area contributed by atoms with E-state index in [0.717, 1.165) is 21.7 Å². The summed E-state index contributed by atoms with van der Waals surface area (Å²) in [5.74, 6) is 3.14. The summed E-state index contributed by atoms with van der Waals surface area (Å²) in [6.07, 6.45) is 0. The molecule has 0 bridgehead atoms. The van der Waals surface area contributed by atoms with Gasteiger partial charge in [-0.3, -0.25) is 4.57 Å². The van der Waals surface area contributed by atoms with E-state index in [1.54, 1.807) is 0 Å². The van der Waals surface area contributed by atoms with E-state index < -0.39 is 7.14 Å². The van der Waals surface area contributed by atoms with Crippen LogP contribution in [0.3, 0.4) is 0 Å². The minimum absolute atomic E-state index is 0.771. The largest absolute Gasteiger partial charge is 0.300 e. The molecule has 3 aromatic rings. The molecule has 0 aliphatic carbocycles. The third-order valence-corrected chi connectivity index (χ3v) is 6.21. The Morgan fingerprint density at radius 3 is 1.70 bits per heavy atom. The fraction of sp³-hybridized carbons (Fsp3) is 0.0476. The fourth-order valence-electron chi connectivity index (χ4n) is 2.41. The summed E-state index contributed by atoms with van der Waals surface area (Å²) >= 11 is 0. The normalized spacial score (nSPS) is 10.7. The number of hydrogen-bond acceptors (Lipinski definition) is 1. The summed E-state index contributed by atoms with van der Waals surface area (Å²) < 4.78 is 13.7. The van der Waals surface area contributed by atoms with Gasteiger partial charge in [0.25, 0.3) is 0 Å². The highest BCUT2D eigenvalue weighted by atomic mass is 31.2. The van der Waals surface area contributed by atoms with E-state index in [9.17, 15) is 4.57 Å². The summed E-state index contributed by atoms with van der Waals surface area (Å²) in [4.78, 5) is 0. The van der Waals surface area contributed by atoms with Gasteiger partial charge in [0, 0.05) is 16.2 Å².